The molecule has 0 radical (unpaired) electrons. The van der Waals surface area contributed by atoms with E-state index >= 15 is 0 Å². The number of hydrogen-bond acceptors (Lipinski definition) is 6. The number of urea groups is 1. The van der Waals surface area contributed by atoms with E-state index in [4.69, 9.17) is 9.26 Å². The Morgan fingerprint density at radius 3 is 2.36 bits per heavy atom. The Morgan fingerprint density at radius 1 is 1.03 bits per heavy atom. The van der Waals surface area contributed by atoms with Crippen LogP contribution in [0.25, 0.3) is 11.5 Å². The van der Waals surface area contributed by atoms with E-state index in [0.29, 0.717) is 54.9 Å². The van der Waals surface area contributed by atoms with Crippen LogP contribution in [0.3, 0.4) is 0 Å². The van der Waals surface area contributed by atoms with Crippen LogP contribution >= 0.6 is 0 Å². The van der Waals surface area contributed by atoms with Gasteiger partial charge in [0.05, 0.1) is 7.11 Å². The van der Waals surface area contributed by atoms with E-state index in [9.17, 15) is 9.59 Å². The molecule has 1 aromatic heterocycles. The van der Waals surface area contributed by atoms with Crippen LogP contribution in [-0.4, -0.2) is 65.2 Å². The Kier molecular flexibility index (Phi) is 6.58. The highest BCUT2D eigenvalue weighted by molar-refractivity contribution is 5.95. The molecule has 1 aliphatic rings. The average molecular weight is 450 g/mol. The Labute approximate surface area is 192 Å². The van der Waals surface area contributed by atoms with Crippen molar-refractivity contribution < 1.29 is 18.8 Å². The number of benzene rings is 2. The summed E-state index contributed by atoms with van der Waals surface area (Å²) in [5.41, 5.74) is 2.04. The van der Waals surface area contributed by atoms with Gasteiger partial charge in [0.15, 0.2) is 5.82 Å². The van der Waals surface area contributed by atoms with Crippen molar-refractivity contribution in [2.45, 2.75) is 19.8 Å². The molecule has 0 spiro atoms. The van der Waals surface area contributed by atoms with E-state index in [1.165, 1.54) is 0 Å². The highest BCUT2D eigenvalue weighted by atomic mass is 16.5. The standard InChI is InChI=1S/C24H27N5O4/c1-16(2)21-26-22(33-27-21)17-7-9-19(10-8-17)25-24(31)29-13-11-28(12-14-29)23(30)18-5-4-6-20(15-18)32-3/h4-10,15-16H,11-14H2,1-3H3,(H,25,31). The highest BCUT2D eigenvalue weighted by Gasteiger charge is 2.25. The van der Waals surface area contributed by atoms with E-state index in [-0.39, 0.29) is 17.9 Å². The summed E-state index contributed by atoms with van der Waals surface area (Å²) in [6.07, 6.45) is 0. The number of hydrogen-bond donors (Lipinski definition) is 1. The first-order chi connectivity index (χ1) is 15.9. The first-order valence-corrected chi connectivity index (χ1v) is 10.9. The second kappa shape index (κ2) is 9.72. The van der Waals surface area contributed by atoms with Gasteiger partial charge in [-0.25, -0.2) is 4.79 Å². The molecular weight excluding hydrogens is 422 g/mol. The van der Waals surface area contributed by atoms with Gasteiger partial charge < -0.3 is 24.4 Å². The third-order valence-electron chi connectivity index (χ3n) is 5.51. The zero-order valence-electron chi connectivity index (χ0n) is 18.9. The molecule has 1 aliphatic heterocycles. The number of nitrogens with zero attached hydrogens (tertiary/aromatic N) is 4. The minimum absolute atomic E-state index is 0.0637. The van der Waals surface area contributed by atoms with Crippen LogP contribution in [-0.2, 0) is 0 Å². The van der Waals surface area contributed by atoms with Gasteiger partial charge in [-0.1, -0.05) is 25.1 Å². The summed E-state index contributed by atoms with van der Waals surface area (Å²) in [6, 6.07) is 14.2. The fourth-order valence-corrected chi connectivity index (χ4v) is 3.54. The second-order valence-electron chi connectivity index (χ2n) is 8.13. The number of nitrogens with one attached hydrogen (secondary N) is 1. The Morgan fingerprint density at radius 2 is 1.73 bits per heavy atom. The summed E-state index contributed by atoms with van der Waals surface area (Å²) in [7, 11) is 1.57. The predicted octanol–water partition coefficient (Wildman–Crippen LogP) is 3.86. The maximum atomic E-state index is 12.8. The summed E-state index contributed by atoms with van der Waals surface area (Å²) < 4.78 is 10.5. The van der Waals surface area contributed by atoms with Crippen molar-refractivity contribution in [3.05, 3.63) is 59.9 Å². The van der Waals surface area contributed by atoms with Crippen molar-refractivity contribution in [3.63, 3.8) is 0 Å². The molecule has 9 nitrogen and oxygen atoms in total. The molecule has 0 bridgehead atoms. The number of aromatic nitrogens is 2. The van der Waals surface area contributed by atoms with Gasteiger partial charge in [0.2, 0.25) is 0 Å². The monoisotopic (exact) mass is 449 g/mol. The third-order valence-corrected chi connectivity index (χ3v) is 5.51. The topological polar surface area (TPSA) is 101 Å². The van der Waals surface area contributed by atoms with Crippen LogP contribution in [0.15, 0.2) is 53.1 Å². The summed E-state index contributed by atoms with van der Waals surface area (Å²) in [5.74, 6) is 1.88. The normalized spacial score (nSPS) is 13.8. The number of anilines is 1. The van der Waals surface area contributed by atoms with Gasteiger partial charge in [0, 0.05) is 48.9 Å². The first kappa shape index (κ1) is 22.3. The molecule has 9 heteroatoms. The maximum absolute atomic E-state index is 12.8. The number of rotatable bonds is 5. The molecule has 3 amide bonds. The molecule has 0 saturated carbocycles. The number of amides is 3. The van der Waals surface area contributed by atoms with Crippen LogP contribution in [0.1, 0.15) is 35.9 Å². The smallest absolute Gasteiger partial charge is 0.321 e. The largest absolute Gasteiger partial charge is 0.497 e. The minimum atomic E-state index is -0.198. The summed E-state index contributed by atoms with van der Waals surface area (Å²) in [5, 5.41) is 6.88. The second-order valence-corrected chi connectivity index (χ2v) is 8.13. The molecule has 3 aromatic rings. The maximum Gasteiger partial charge on any atom is 0.321 e. The Balaban J connectivity index is 1.31. The lowest BCUT2D eigenvalue weighted by Gasteiger charge is -2.34. The summed E-state index contributed by atoms with van der Waals surface area (Å²) in [6.45, 7) is 5.86. The minimum Gasteiger partial charge on any atom is -0.497 e. The molecule has 4 rings (SSSR count). The number of methoxy groups -OCH3 is 1. The van der Waals surface area contributed by atoms with E-state index in [1.807, 2.05) is 26.0 Å². The molecule has 172 valence electrons. The third kappa shape index (κ3) is 5.14. The molecule has 2 heterocycles. The lowest BCUT2D eigenvalue weighted by Crippen LogP contribution is -2.51. The van der Waals surface area contributed by atoms with Crippen LogP contribution in [0.4, 0.5) is 10.5 Å². The van der Waals surface area contributed by atoms with Crippen molar-refractivity contribution >= 4 is 17.6 Å². The predicted molar refractivity (Wildman–Crippen MR) is 123 cm³/mol. The summed E-state index contributed by atoms with van der Waals surface area (Å²) in [4.78, 5) is 33.3. The van der Waals surface area contributed by atoms with Gasteiger partial charge in [-0.3, -0.25) is 4.79 Å². The van der Waals surface area contributed by atoms with Crippen LogP contribution < -0.4 is 10.1 Å². The number of carbonyl (C=O) groups excluding carboxylic acids is 2. The van der Waals surface area contributed by atoms with Crippen LogP contribution in [0.2, 0.25) is 0 Å². The Hall–Kier alpha value is -3.88. The highest BCUT2D eigenvalue weighted by Crippen LogP contribution is 2.22. The fourth-order valence-electron chi connectivity index (χ4n) is 3.54. The number of piperazine rings is 1. The van der Waals surface area contributed by atoms with Gasteiger partial charge in [0.1, 0.15) is 5.75 Å². The molecule has 0 atom stereocenters. The molecule has 0 unspecified atom stereocenters. The number of carbonyl (C=O) groups is 2. The molecule has 1 fully saturated rings. The fraction of sp³-hybridized carbons (Fsp3) is 0.333. The van der Waals surface area contributed by atoms with Crippen molar-refractivity contribution in [1.82, 2.24) is 19.9 Å². The van der Waals surface area contributed by atoms with Gasteiger partial charge in [-0.2, -0.15) is 4.98 Å². The lowest BCUT2D eigenvalue weighted by molar-refractivity contribution is 0.0671. The average Bonchev–Trinajstić information content (AvgIpc) is 3.35. The quantitative estimate of drug-likeness (QED) is 0.635. The van der Waals surface area contributed by atoms with Crippen molar-refractivity contribution in [1.29, 1.82) is 0 Å². The van der Waals surface area contributed by atoms with Crippen molar-refractivity contribution in [2.75, 3.05) is 38.6 Å². The summed E-state index contributed by atoms with van der Waals surface area (Å²) >= 11 is 0. The van der Waals surface area contributed by atoms with E-state index in [0.717, 1.165) is 5.56 Å². The molecule has 1 saturated heterocycles. The number of ether oxygens (including phenoxy) is 1. The molecule has 2 aromatic carbocycles. The van der Waals surface area contributed by atoms with E-state index < -0.39 is 0 Å². The molecule has 0 aliphatic carbocycles. The zero-order chi connectivity index (χ0) is 23.4. The van der Waals surface area contributed by atoms with E-state index in [1.54, 1.807) is 53.3 Å². The lowest BCUT2D eigenvalue weighted by atomic mass is 10.1. The Bertz CT molecular complexity index is 1120. The van der Waals surface area contributed by atoms with Crippen molar-refractivity contribution in [3.8, 4) is 17.2 Å². The molecular formula is C24H27N5O4. The molecule has 1 N–H and O–H groups in total. The van der Waals surface area contributed by atoms with Gasteiger partial charge >= 0.3 is 6.03 Å². The van der Waals surface area contributed by atoms with Crippen molar-refractivity contribution in [2.24, 2.45) is 0 Å². The SMILES string of the molecule is COc1cccc(C(=O)N2CCN(C(=O)Nc3ccc(-c4nc(C(C)C)no4)cc3)CC2)c1. The molecule has 33 heavy (non-hydrogen) atoms. The van der Waals surface area contributed by atoms with Crippen LogP contribution in [0.5, 0.6) is 5.75 Å². The zero-order valence-corrected chi connectivity index (χ0v) is 18.9. The first-order valence-electron chi connectivity index (χ1n) is 10.9. The van der Waals surface area contributed by atoms with Gasteiger partial charge in [0.25, 0.3) is 11.8 Å². The van der Waals surface area contributed by atoms with Gasteiger partial charge in [-0.15, -0.1) is 0 Å². The van der Waals surface area contributed by atoms with Gasteiger partial charge in [-0.05, 0) is 42.5 Å². The van der Waals surface area contributed by atoms with E-state index in [2.05, 4.69) is 15.5 Å². The van der Waals surface area contributed by atoms with Crippen LogP contribution in [0, 0.1) is 0 Å².